The van der Waals surface area contributed by atoms with Crippen LogP contribution in [0.2, 0.25) is 0 Å². The first-order chi connectivity index (χ1) is 12.1. The molecule has 0 saturated heterocycles. The number of fused-ring (bicyclic) bond motifs is 5. The van der Waals surface area contributed by atoms with Gasteiger partial charge in [-0.3, -0.25) is 4.79 Å². The van der Waals surface area contributed by atoms with Crippen LogP contribution in [0.5, 0.6) is 0 Å². The summed E-state index contributed by atoms with van der Waals surface area (Å²) in [5, 5.41) is 43.8. The lowest BCUT2D eigenvalue weighted by Gasteiger charge is -2.66. The highest BCUT2D eigenvalue weighted by Gasteiger charge is 2.71. The molecule has 148 valence electrons. The maximum atomic E-state index is 12.2. The molecule has 4 fully saturated rings. The molecule has 0 aromatic rings. The minimum absolute atomic E-state index is 0.00766. The molecule has 0 spiro atoms. The van der Waals surface area contributed by atoms with Crippen molar-refractivity contribution in [2.45, 2.75) is 88.9 Å². The molecule has 0 aromatic carbocycles. The molecule has 5 nitrogen and oxygen atoms in total. The Kier molecular flexibility index (Phi) is 4.17. The Balaban J connectivity index is 1.74. The molecule has 0 aliphatic heterocycles. The van der Waals surface area contributed by atoms with Crippen LogP contribution in [0, 0.1) is 28.6 Å². The Morgan fingerprint density at radius 1 is 1.00 bits per heavy atom. The minimum Gasteiger partial charge on any atom is -0.396 e. The SMILES string of the molecule is CC(=O)[C@H]1CC[C@@]2(O)[C@@H]3CC[C@@]4(O)C[C@@H](O)CC[C@]4(CO)[C@H]3CC[C@]12C. The van der Waals surface area contributed by atoms with Crippen LogP contribution in [0.15, 0.2) is 0 Å². The summed E-state index contributed by atoms with van der Waals surface area (Å²) < 4.78 is 0. The van der Waals surface area contributed by atoms with Gasteiger partial charge in [0.25, 0.3) is 0 Å². The zero-order valence-electron chi connectivity index (χ0n) is 16.1. The highest BCUT2D eigenvalue weighted by atomic mass is 16.3. The number of aliphatic hydroxyl groups excluding tert-OH is 2. The first kappa shape index (κ1) is 18.9. The lowest BCUT2D eigenvalue weighted by atomic mass is 9.41. The summed E-state index contributed by atoms with van der Waals surface area (Å²) in [5.74, 6) is 0.134. The average molecular weight is 366 g/mol. The molecule has 0 aromatic heterocycles. The number of ketones is 1. The maximum absolute atomic E-state index is 12.2. The van der Waals surface area contributed by atoms with E-state index in [4.69, 9.17) is 0 Å². The third-order valence-corrected chi connectivity index (χ3v) is 9.42. The van der Waals surface area contributed by atoms with Crippen molar-refractivity contribution in [1.29, 1.82) is 0 Å². The molecule has 4 saturated carbocycles. The van der Waals surface area contributed by atoms with Crippen LogP contribution < -0.4 is 0 Å². The third kappa shape index (κ3) is 2.09. The summed E-state index contributed by atoms with van der Waals surface area (Å²) in [5.41, 5.74) is -2.99. The zero-order valence-corrected chi connectivity index (χ0v) is 16.1. The fourth-order valence-electron chi connectivity index (χ4n) is 7.98. The van der Waals surface area contributed by atoms with Gasteiger partial charge in [-0.1, -0.05) is 6.92 Å². The molecule has 0 bridgehead atoms. The van der Waals surface area contributed by atoms with E-state index in [1.807, 2.05) is 0 Å². The fourth-order valence-corrected chi connectivity index (χ4v) is 7.98. The standard InChI is InChI=1S/C21H34O5/c1-13(23)15-6-10-21(26)17-5-9-20(25)11-14(24)3-8-19(20,12-22)16(17)4-7-18(15,21)2/h14-17,22,24-26H,3-12H2,1-2H3/t14-,15+,16-,17+,18+,19-,20+,21+/m0/s1. The first-order valence-electron chi connectivity index (χ1n) is 10.4. The number of carbonyl (C=O) groups is 1. The molecule has 0 heterocycles. The normalized spacial score (nSPS) is 56.4. The largest absolute Gasteiger partial charge is 0.396 e. The molecule has 0 amide bonds. The number of hydrogen-bond donors (Lipinski definition) is 4. The van der Waals surface area contributed by atoms with Crippen molar-refractivity contribution in [3.63, 3.8) is 0 Å². The number of carbonyl (C=O) groups excluding carboxylic acids is 1. The second-order valence-corrected chi connectivity index (χ2v) is 10.1. The van der Waals surface area contributed by atoms with E-state index >= 15 is 0 Å². The van der Waals surface area contributed by atoms with Crippen LogP contribution in [-0.2, 0) is 4.79 Å². The molecular formula is C21H34O5. The topological polar surface area (TPSA) is 98.0 Å². The molecule has 0 radical (unpaired) electrons. The van der Waals surface area contributed by atoms with Crippen LogP contribution in [0.25, 0.3) is 0 Å². The van der Waals surface area contributed by atoms with Crippen LogP contribution >= 0.6 is 0 Å². The summed E-state index contributed by atoms with van der Waals surface area (Å²) in [6, 6.07) is 0. The quantitative estimate of drug-likeness (QED) is 0.597. The van der Waals surface area contributed by atoms with Crippen molar-refractivity contribution in [1.82, 2.24) is 0 Å². The molecule has 4 aliphatic carbocycles. The van der Waals surface area contributed by atoms with E-state index in [2.05, 4.69) is 6.92 Å². The van der Waals surface area contributed by atoms with E-state index in [0.717, 1.165) is 19.3 Å². The van der Waals surface area contributed by atoms with E-state index in [1.54, 1.807) is 6.92 Å². The lowest BCUT2D eigenvalue weighted by molar-refractivity contribution is -0.269. The summed E-state index contributed by atoms with van der Waals surface area (Å²) >= 11 is 0. The molecule has 0 unspecified atom stereocenters. The molecular weight excluding hydrogens is 332 g/mol. The second kappa shape index (κ2) is 5.76. The lowest BCUT2D eigenvalue weighted by Crippen LogP contribution is -2.69. The molecule has 5 heteroatoms. The Morgan fingerprint density at radius 3 is 2.35 bits per heavy atom. The van der Waals surface area contributed by atoms with E-state index in [1.165, 1.54) is 0 Å². The highest BCUT2D eigenvalue weighted by molar-refractivity contribution is 5.80. The molecule has 26 heavy (non-hydrogen) atoms. The van der Waals surface area contributed by atoms with Gasteiger partial charge in [-0.05, 0) is 70.1 Å². The monoisotopic (exact) mass is 366 g/mol. The van der Waals surface area contributed by atoms with Gasteiger partial charge < -0.3 is 20.4 Å². The first-order valence-corrected chi connectivity index (χ1v) is 10.4. The number of rotatable bonds is 2. The Morgan fingerprint density at radius 2 is 1.69 bits per heavy atom. The predicted octanol–water partition coefficient (Wildman–Crippen LogP) is 1.80. The number of Topliss-reactive ketones (excluding diaryl/α,β-unsaturated/α-hetero) is 1. The predicted molar refractivity (Wildman–Crippen MR) is 96.2 cm³/mol. The van der Waals surface area contributed by atoms with Crippen molar-refractivity contribution in [3.05, 3.63) is 0 Å². The van der Waals surface area contributed by atoms with Crippen molar-refractivity contribution in [2.24, 2.45) is 28.6 Å². The van der Waals surface area contributed by atoms with Gasteiger partial charge in [-0.25, -0.2) is 0 Å². The Labute approximate surface area is 155 Å². The summed E-state index contributed by atoms with van der Waals surface area (Å²) in [4.78, 5) is 12.2. The number of aliphatic hydroxyl groups is 4. The fraction of sp³-hybridized carbons (Fsp3) is 0.952. The zero-order chi connectivity index (χ0) is 19.0. The molecule has 4 N–H and O–H groups in total. The van der Waals surface area contributed by atoms with Gasteiger partial charge in [0.15, 0.2) is 0 Å². The van der Waals surface area contributed by atoms with Crippen LogP contribution in [0.1, 0.15) is 71.6 Å². The highest BCUT2D eigenvalue weighted by Crippen LogP contribution is 2.69. The van der Waals surface area contributed by atoms with Crippen LogP contribution in [-0.4, -0.2) is 50.1 Å². The summed E-state index contributed by atoms with van der Waals surface area (Å²) in [7, 11) is 0. The van der Waals surface area contributed by atoms with Crippen LogP contribution in [0.3, 0.4) is 0 Å². The van der Waals surface area contributed by atoms with Gasteiger partial charge in [-0.15, -0.1) is 0 Å². The average Bonchev–Trinajstić information content (AvgIpc) is 2.85. The van der Waals surface area contributed by atoms with E-state index in [-0.39, 0.29) is 30.1 Å². The van der Waals surface area contributed by atoms with Gasteiger partial charge in [0, 0.05) is 23.2 Å². The minimum atomic E-state index is -1.05. The van der Waals surface area contributed by atoms with Crippen molar-refractivity contribution in [2.75, 3.05) is 6.61 Å². The van der Waals surface area contributed by atoms with Gasteiger partial charge in [-0.2, -0.15) is 0 Å². The smallest absolute Gasteiger partial charge is 0.133 e. The van der Waals surface area contributed by atoms with Gasteiger partial charge in [0.1, 0.15) is 5.78 Å². The third-order valence-electron chi connectivity index (χ3n) is 9.42. The van der Waals surface area contributed by atoms with Gasteiger partial charge in [0.2, 0.25) is 0 Å². The Hall–Kier alpha value is -0.490. The van der Waals surface area contributed by atoms with E-state index in [0.29, 0.717) is 38.5 Å². The summed E-state index contributed by atoms with van der Waals surface area (Å²) in [6.07, 6.45) is 5.17. The number of hydrogen-bond acceptors (Lipinski definition) is 5. The van der Waals surface area contributed by atoms with Gasteiger partial charge >= 0.3 is 0 Å². The van der Waals surface area contributed by atoms with Crippen molar-refractivity contribution >= 4 is 5.78 Å². The van der Waals surface area contributed by atoms with E-state index in [9.17, 15) is 25.2 Å². The molecule has 4 aliphatic rings. The second-order valence-electron chi connectivity index (χ2n) is 10.1. The van der Waals surface area contributed by atoms with E-state index < -0.39 is 28.1 Å². The van der Waals surface area contributed by atoms with Crippen molar-refractivity contribution < 1.29 is 25.2 Å². The van der Waals surface area contributed by atoms with Gasteiger partial charge in [0.05, 0.1) is 23.9 Å². The Bertz CT molecular complexity index is 607. The summed E-state index contributed by atoms with van der Waals surface area (Å²) in [6.45, 7) is 3.63. The molecule has 4 rings (SSSR count). The molecule has 8 atom stereocenters. The maximum Gasteiger partial charge on any atom is 0.133 e. The van der Waals surface area contributed by atoms with Crippen LogP contribution in [0.4, 0.5) is 0 Å². The van der Waals surface area contributed by atoms with Crippen molar-refractivity contribution in [3.8, 4) is 0 Å².